The highest BCUT2D eigenvalue weighted by Crippen LogP contribution is 2.41. The number of rotatable bonds is 5. The molecule has 2 aromatic carbocycles. The van der Waals surface area contributed by atoms with Crippen LogP contribution in [0.3, 0.4) is 0 Å². The van der Waals surface area contributed by atoms with E-state index >= 15 is 0 Å². The molecule has 1 aliphatic carbocycles. The third kappa shape index (κ3) is 6.87. The summed E-state index contributed by atoms with van der Waals surface area (Å²) in [7, 11) is 0. The summed E-state index contributed by atoms with van der Waals surface area (Å²) in [5, 5.41) is 20.5. The number of aliphatic hydroxyl groups is 1. The first kappa shape index (κ1) is 28.4. The monoisotopic (exact) mass is 549 g/mol. The zero-order chi connectivity index (χ0) is 28.2. The SMILES string of the molecule is O=C([C@H]1CC[C@](O)(Cc2ccccc2)C[C@@H]1C(=O)N(O)OC(=O)C(F)(F)F)N1CCN(c2ccccc2)CC1. The van der Waals surface area contributed by atoms with Crippen molar-refractivity contribution in [3.05, 3.63) is 66.2 Å². The van der Waals surface area contributed by atoms with E-state index in [1.165, 1.54) is 0 Å². The van der Waals surface area contributed by atoms with Crippen molar-refractivity contribution in [1.29, 1.82) is 0 Å². The molecule has 2 amide bonds. The first-order chi connectivity index (χ1) is 18.5. The summed E-state index contributed by atoms with van der Waals surface area (Å²) >= 11 is 0. The van der Waals surface area contributed by atoms with Crippen molar-refractivity contribution in [2.75, 3.05) is 31.1 Å². The average molecular weight is 550 g/mol. The summed E-state index contributed by atoms with van der Waals surface area (Å²) in [5.41, 5.74) is 0.292. The number of benzene rings is 2. The van der Waals surface area contributed by atoms with Gasteiger partial charge in [0.05, 0.1) is 17.4 Å². The van der Waals surface area contributed by atoms with Crippen LogP contribution >= 0.6 is 0 Å². The molecule has 2 aromatic rings. The first-order valence-electron chi connectivity index (χ1n) is 12.6. The molecule has 0 radical (unpaired) electrons. The van der Waals surface area contributed by atoms with E-state index in [4.69, 9.17) is 0 Å². The van der Waals surface area contributed by atoms with Crippen molar-refractivity contribution in [3.8, 4) is 0 Å². The highest BCUT2D eigenvalue weighted by Gasteiger charge is 2.50. The maximum Gasteiger partial charge on any atom is 0.493 e. The number of carbonyl (C=O) groups excluding carboxylic acids is 3. The molecule has 0 aromatic heterocycles. The van der Waals surface area contributed by atoms with E-state index < -0.39 is 46.6 Å². The second kappa shape index (κ2) is 11.6. The average Bonchev–Trinajstić information content (AvgIpc) is 2.92. The Hall–Kier alpha value is -3.64. The Morgan fingerprint density at radius 1 is 0.949 bits per heavy atom. The molecule has 3 atom stereocenters. The highest BCUT2D eigenvalue weighted by molar-refractivity contribution is 5.88. The number of hydrogen-bond acceptors (Lipinski definition) is 7. The van der Waals surface area contributed by atoms with E-state index in [-0.39, 0.29) is 25.7 Å². The van der Waals surface area contributed by atoms with Gasteiger partial charge in [0.2, 0.25) is 5.91 Å². The molecule has 4 rings (SSSR count). The predicted molar refractivity (Wildman–Crippen MR) is 132 cm³/mol. The lowest BCUT2D eigenvalue weighted by Gasteiger charge is -2.43. The molecule has 0 unspecified atom stereocenters. The van der Waals surface area contributed by atoms with Gasteiger partial charge < -0.3 is 19.7 Å². The van der Waals surface area contributed by atoms with Gasteiger partial charge in [-0.25, -0.2) is 4.79 Å². The van der Waals surface area contributed by atoms with Crippen LogP contribution in [0.5, 0.6) is 0 Å². The van der Waals surface area contributed by atoms with Gasteiger partial charge in [-0.3, -0.25) is 14.8 Å². The molecule has 210 valence electrons. The smallest absolute Gasteiger partial charge is 0.390 e. The molecule has 1 saturated heterocycles. The molecule has 0 bridgehead atoms. The Balaban J connectivity index is 1.50. The van der Waals surface area contributed by atoms with E-state index in [0.29, 0.717) is 26.2 Å². The number of piperazine rings is 1. The minimum atomic E-state index is -5.45. The second-order valence-corrected chi connectivity index (χ2v) is 9.98. The maximum absolute atomic E-state index is 13.6. The fourth-order valence-electron chi connectivity index (χ4n) is 5.35. The minimum absolute atomic E-state index is 0.0541. The van der Waals surface area contributed by atoms with Crippen LogP contribution in [0.15, 0.2) is 60.7 Å². The van der Waals surface area contributed by atoms with Crippen molar-refractivity contribution in [1.82, 2.24) is 10.1 Å². The van der Waals surface area contributed by atoms with Crippen LogP contribution in [-0.2, 0) is 25.6 Å². The van der Waals surface area contributed by atoms with Gasteiger partial charge in [0.25, 0.3) is 5.91 Å². The molecule has 2 fully saturated rings. The lowest BCUT2D eigenvalue weighted by Crippen LogP contribution is -2.55. The number of carbonyl (C=O) groups is 3. The van der Waals surface area contributed by atoms with Gasteiger partial charge >= 0.3 is 12.1 Å². The summed E-state index contributed by atoms with van der Waals surface area (Å²) in [6, 6.07) is 18.5. The van der Waals surface area contributed by atoms with Crippen LogP contribution in [0.4, 0.5) is 18.9 Å². The van der Waals surface area contributed by atoms with Gasteiger partial charge in [-0.2, -0.15) is 13.2 Å². The van der Waals surface area contributed by atoms with E-state index in [9.17, 15) is 37.9 Å². The van der Waals surface area contributed by atoms with Crippen molar-refractivity contribution in [2.24, 2.45) is 11.8 Å². The Labute approximate surface area is 223 Å². The Kier molecular flexibility index (Phi) is 8.45. The van der Waals surface area contributed by atoms with Crippen LogP contribution in [-0.4, -0.2) is 76.2 Å². The predicted octanol–water partition coefficient (Wildman–Crippen LogP) is 2.96. The number of nitrogens with zero attached hydrogens (tertiary/aromatic N) is 3. The van der Waals surface area contributed by atoms with Crippen LogP contribution < -0.4 is 4.90 Å². The number of hydroxylamine groups is 2. The summed E-state index contributed by atoms with van der Waals surface area (Å²) in [6.45, 7) is 1.78. The standard InChI is InChI=1S/C27H30F3N3O6/c28-27(29,30)25(36)39-33(38)24(35)22-18-26(37,17-19-7-3-1-4-8-19)12-11-21(22)23(34)32-15-13-31(14-16-32)20-9-5-2-6-10-20/h1-10,21-22,37-38H,11-18H2/t21-,22-,26-/m0/s1. The van der Waals surface area contributed by atoms with Crippen molar-refractivity contribution < 1.29 is 42.7 Å². The molecular weight excluding hydrogens is 519 g/mol. The van der Waals surface area contributed by atoms with E-state index in [1.54, 1.807) is 35.2 Å². The largest absolute Gasteiger partial charge is 0.493 e. The van der Waals surface area contributed by atoms with E-state index in [0.717, 1.165) is 11.3 Å². The number of para-hydroxylation sites is 1. The molecule has 39 heavy (non-hydrogen) atoms. The normalized spacial score (nSPS) is 23.7. The Bertz CT molecular complexity index is 1160. The minimum Gasteiger partial charge on any atom is -0.390 e. The molecule has 2 N–H and O–H groups in total. The van der Waals surface area contributed by atoms with E-state index in [2.05, 4.69) is 9.74 Å². The fourth-order valence-corrected chi connectivity index (χ4v) is 5.35. The number of amides is 2. The first-order valence-corrected chi connectivity index (χ1v) is 12.6. The lowest BCUT2D eigenvalue weighted by molar-refractivity contribution is -0.318. The summed E-state index contributed by atoms with van der Waals surface area (Å²) in [4.78, 5) is 45.4. The van der Waals surface area contributed by atoms with Crippen LogP contribution in [0.1, 0.15) is 24.8 Å². The molecule has 1 aliphatic heterocycles. The number of hydrogen-bond donors (Lipinski definition) is 2. The third-order valence-electron chi connectivity index (χ3n) is 7.32. The molecule has 0 spiro atoms. The quantitative estimate of drug-likeness (QED) is 0.436. The van der Waals surface area contributed by atoms with Gasteiger partial charge in [0.1, 0.15) is 0 Å². The number of halogens is 3. The second-order valence-electron chi connectivity index (χ2n) is 9.98. The lowest BCUT2D eigenvalue weighted by atomic mass is 9.68. The molecular formula is C27H30F3N3O6. The summed E-state index contributed by atoms with van der Waals surface area (Å²) in [6.07, 6.45) is -5.43. The zero-order valence-electron chi connectivity index (χ0n) is 21.1. The van der Waals surface area contributed by atoms with Gasteiger partial charge in [0, 0.05) is 38.3 Å². The molecule has 9 nitrogen and oxygen atoms in total. The van der Waals surface area contributed by atoms with Gasteiger partial charge in [-0.15, -0.1) is 0 Å². The fraction of sp³-hybridized carbons (Fsp3) is 0.444. The van der Waals surface area contributed by atoms with Gasteiger partial charge in [-0.05, 0) is 42.2 Å². The van der Waals surface area contributed by atoms with Gasteiger partial charge in [-0.1, -0.05) is 48.5 Å². The van der Waals surface area contributed by atoms with Crippen molar-refractivity contribution in [3.63, 3.8) is 0 Å². The van der Waals surface area contributed by atoms with Crippen molar-refractivity contribution >= 4 is 23.5 Å². The molecule has 2 aliphatic rings. The van der Waals surface area contributed by atoms with Crippen LogP contribution in [0, 0.1) is 11.8 Å². The van der Waals surface area contributed by atoms with E-state index in [1.807, 2.05) is 30.3 Å². The maximum atomic E-state index is 13.6. The summed E-state index contributed by atoms with van der Waals surface area (Å²) < 4.78 is 38.0. The zero-order valence-corrected chi connectivity index (χ0v) is 21.1. The molecule has 12 heteroatoms. The Morgan fingerprint density at radius 3 is 2.13 bits per heavy atom. The van der Waals surface area contributed by atoms with Gasteiger partial charge in [0.15, 0.2) is 0 Å². The van der Waals surface area contributed by atoms with Crippen molar-refractivity contribution in [2.45, 2.75) is 37.5 Å². The van der Waals surface area contributed by atoms with Crippen LogP contribution in [0.25, 0.3) is 0 Å². The topological polar surface area (TPSA) is 111 Å². The highest BCUT2D eigenvalue weighted by atomic mass is 19.4. The van der Waals surface area contributed by atoms with Crippen LogP contribution in [0.2, 0.25) is 0 Å². The molecule has 1 heterocycles. The Morgan fingerprint density at radius 2 is 1.54 bits per heavy atom. The number of alkyl halides is 3. The number of anilines is 1. The third-order valence-corrected chi connectivity index (χ3v) is 7.32. The molecule has 1 saturated carbocycles. The summed E-state index contributed by atoms with van der Waals surface area (Å²) in [5.74, 6) is -7.04.